The molecule has 0 spiro atoms. The first kappa shape index (κ1) is 15.5. The van der Waals surface area contributed by atoms with Crippen LogP contribution in [0.4, 0.5) is 4.79 Å². The molecule has 19 heavy (non-hydrogen) atoms. The highest BCUT2D eigenvalue weighted by Gasteiger charge is 2.16. The quantitative estimate of drug-likeness (QED) is 0.837. The van der Waals surface area contributed by atoms with Crippen molar-refractivity contribution < 1.29 is 4.79 Å². The van der Waals surface area contributed by atoms with E-state index < -0.39 is 0 Å². The van der Waals surface area contributed by atoms with E-state index in [0.717, 1.165) is 12.0 Å². The lowest BCUT2D eigenvalue weighted by atomic mass is 9.98. The lowest BCUT2D eigenvalue weighted by molar-refractivity contribution is 0.188. The minimum atomic E-state index is -0.0405. The summed E-state index contributed by atoms with van der Waals surface area (Å²) in [6, 6.07) is 10.0. The van der Waals surface area contributed by atoms with Gasteiger partial charge in [0.15, 0.2) is 0 Å². The van der Waals surface area contributed by atoms with Crippen LogP contribution in [0.1, 0.15) is 25.8 Å². The summed E-state index contributed by atoms with van der Waals surface area (Å²) in [4.78, 5) is 13.8. The highest BCUT2D eigenvalue weighted by molar-refractivity contribution is 5.73. The number of carbonyl (C=O) groups is 1. The Bertz CT molecular complexity index is 376. The monoisotopic (exact) mass is 261 g/mol. The molecule has 0 aliphatic rings. The number of hydrogen-bond acceptors (Lipinski definition) is 1. The molecule has 1 rings (SSSR count). The van der Waals surface area contributed by atoms with Gasteiger partial charge < -0.3 is 10.2 Å². The number of benzene rings is 1. The third-order valence-corrected chi connectivity index (χ3v) is 3.00. The van der Waals surface area contributed by atoms with Gasteiger partial charge >= 0.3 is 6.03 Å². The number of nitrogens with one attached hydrogen (secondary N) is 1. The molecule has 0 aliphatic carbocycles. The summed E-state index contributed by atoms with van der Waals surface area (Å²) in [5.74, 6) is 0.867. The summed E-state index contributed by atoms with van der Waals surface area (Å²) in [7, 11) is 1.67. The van der Waals surface area contributed by atoms with E-state index in [4.69, 9.17) is 0 Å². The van der Waals surface area contributed by atoms with Crippen molar-refractivity contribution in [2.45, 2.75) is 26.8 Å². The highest BCUT2D eigenvalue weighted by atomic mass is 16.2. The van der Waals surface area contributed by atoms with Gasteiger partial charge in [-0.05, 0) is 30.7 Å². The molecule has 1 aromatic rings. The fourth-order valence-electron chi connectivity index (χ4n) is 2.23. The first-order valence-corrected chi connectivity index (χ1v) is 6.86. The molecule has 1 N–H and O–H groups in total. The Morgan fingerprint density at radius 3 is 2.47 bits per heavy atom. The molecule has 105 valence electrons. The molecule has 0 aromatic heterocycles. The van der Waals surface area contributed by atoms with Crippen molar-refractivity contribution in [1.29, 1.82) is 0 Å². The van der Waals surface area contributed by atoms with Crippen LogP contribution in [0.2, 0.25) is 0 Å². The number of amides is 2. The van der Waals surface area contributed by atoms with E-state index in [0.29, 0.717) is 19.0 Å². The molecule has 1 unspecified atom stereocenters. The van der Waals surface area contributed by atoms with Gasteiger partial charge in [0.1, 0.15) is 0 Å². The highest BCUT2D eigenvalue weighted by Crippen LogP contribution is 2.14. The maximum atomic E-state index is 11.9. The SMILES string of the molecule is [CH2]C(CC(C)C)CN(Cc1ccccc1)C(=O)NC. The zero-order valence-corrected chi connectivity index (χ0v) is 12.2. The van der Waals surface area contributed by atoms with E-state index in [1.165, 1.54) is 0 Å². The van der Waals surface area contributed by atoms with Gasteiger partial charge in [-0.1, -0.05) is 44.2 Å². The number of urea groups is 1. The van der Waals surface area contributed by atoms with Gasteiger partial charge in [0.05, 0.1) is 0 Å². The lowest BCUT2D eigenvalue weighted by Crippen LogP contribution is -2.40. The summed E-state index contributed by atoms with van der Waals surface area (Å²) in [5.41, 5.74) is 1.14. The van der Waals surface area contributed by atoms with Crippen molar-refractivity contribution in [2.24, 2.45) is 11.8 Å². The minimum Gasteiger partial charge on any atom is -0.341 e. The first-order valence-electron chi connectivity index (χ1n) is 6.86. The van der Waals surface area contributed by atoms with Crippen LogP contribution in [-0.2, 0) is 6.54 Å². The fraction of sp³-hybridized carbons (Fsp3) is 0.500. The van der Waals surface area contributed by atoms with E-state index in [1.54, 1.807) is 7.05 Å². The largest absolute Gasteiger partial charge is 0.341 e. The van der Waals surface area contributed by atoms with Crippen molar-refractivity contribution in [2.75, 3.05) is 13.6 Å². The third-order valence-electron chi connectivity index (χ3n) is 3.00. The number of hydrogen-bond donors (Lipinski definition) is 1. The molecule has 1 radical (unpaired) electrons. The van der Waals surface area contributed by atoms with Crippen LogP contribution < -0.4 is 5.32 Å². The molecule has 1 atom stereocenters. The van der Waals surface area contributed by atoms with E-state index in [1.807, 2.05) is 35.2 Å². The second-order valence-electron chi connectivity index (χ2n) is 5.42. The molecular weight excluding hydrogens is 236 g/mol. The predicted octanol–water partition coefficient (Wildman–Crippen LogP) is 3.32. The summed E-state index contributed by atoms with van der Waals surface area (Å²) in [6.07, 6.45) is 1.03. The molecule has 0 bridgehead atoms. The van der Waals surface area contributed by atoms with E-state index in [2.05, 4.69) is 26.1 Å². The second-order valence-corrected chi connectivity index (χ2v) is 5.42. The molecule has 1 aromatic carbocycles. The number of nitrogens with zero attached hydrogens (tertiary/aromatic N) is 1. The molecule has 2 amide bonds. The van der Waals surface area contributed by atoms with Gasteiger partial charge in [0.2, 0.25) is 0 Å². The fourth-order valence-corrected chi connectivity index (χ4v) is 2.23. The summed E-state index contributed by atoms with van der Waals surface area (Å²) in [6.45, 7) is 9.83. The molecule has 0 saturated carbocycles. The first-order chi connectivity index (χ1) is 9.02. The molecule has 0 fully saturated rings. The van der Waals surface area contributed by atoms with Crippen LogP contribution in [0.3, 0.4) is 0 Å². The van der Waals surface area contributed by atoms with Gasteiger partial charge in [-0.15, -0.1) is 0 Å². The summed E-state index contributed by atoms with van der Waals surface area (Å²) in [5, 5.41) is 2.70. The molecule has 0 heterocycles. The average molecular weight is 261 g/mol. The summed E-state index contributed by atoms with van der Waals surface area (Å²) < 4.78 is 0. The minimum absolute atomic E-state index is 0.0405. The Labute approximate surface area is 117 Å². The zero-order chi connectivity index (χ0) is 14.3. The Kier molecular flexibility index (Phi) is 6.40. The van der Waals surface area contributed by atoms with Gasteiger partial charge in [-0.2, -0.15) is 0 Å². The smallest absolute Gasteiger partial charge is 0.317 e. The Hall–Kier alpha value is -1.51. The normalized spacial score (nSPS) is 12.3. The lowest BCUT2D eigenvalue weighted by Gasteiger charge is -2.26. The summed E-state index contributed by atoms with van der Waals surface area (Å²) >= 11 is 0. The molecule has 0 aliphatic heterocycles. The van der Waals surface area contributed by atoms with Crippen molar-refractivity contribution in [3.8, 4) is 0 Å². The third kappa shape index (κ3) is 5.77. The molecule has 3 heteroatoms. The average Bonchev–Trinajstić information content (AvgIpc) is 2.37. The maximum Gasteiger partial charge on any atom is 0.317 e. The second kappa shape index (κ2) is 7.82. The van der Waals surface area contributed by atoms with Crippen molar-refractivity contribution in [1.82, 2.24) is 10.2 Å². The van der Waals surface area contributed by atoms with Gasteiger partial charge in [-0.25, -0.2) is 4.79 Å². The number of carbonyl (C=O) groups excluding carboxylic acids is 1. The van der Waals surface area contributed by atoms with Gasteiger partial charge in [-0.3, -0.25) is 0 Å². The molecular formula is C16H25N2O. The van der Waals surface area contributed by atoms with Crippen LogP contribution >= 0.6 is 0 Å². The van der Waals surface area contributed by atoms with Gasteiger partial charge in [0, 0.05) is 20.1 Å². The zero-order valence-electron chi connectivity index (χ0n) is 12.2. The van der Waals surface area contributed by atoms with Crippen LogP contribution in [0.15, 0.2) is 30.3 Å². The Morgan fingerprint density at radius 2 is 1.95 bits per heavy atom. The van der Waals surface area contributed by atoms with Crippen molar-refractivity contribution >= 4 is 6.03 Å². The Morgan fingerprint density at radius 1 is 1.32 bits per heavy atom. The van der Waals surface area contributed by atoms with Gasteiger partial charge in [0.25, 0.3) is 0 Å². The molecule has 0 saturated heterocycles. The maximum absolute atomic E-state index is 11.9. The van der Waals surface area contributed by atoms with E-state index in [9.17, 15) is 4.79 Å². The van der Waals surface area contributed by atoms with Crippen LogP contribution in [0, 0.1) is 18.8 Å². The Balaban J connectivity index is 2.64. The number of rotatable bonds is 6. The van der Waals surface area contributed by atoms with Crippen molar-refractivity contribution in [3.05, 3.63) is 42.8 Å². The molecule has 3 nitrogen and oxygen atoms in total. The standard InChI is InChI=1S/C16H25N2O/c1-13(2)10-14(3)11-18(16(19)17-4)12-15-8-6-5-7-9-15/h5-9,13-14H,3,10-12H2,1-2,4H3,(H,17,19). The van der Waals surface area contributed by atoms with Crippen LogP contribution in [0.25, 0.3) is 0 Å². The van der Waals surface area contributed by atoms with E-state index in [-0.39, 0.29) is 11.9 Å². The predicted molar refractivity (Wildman–Crippen MR) is 79.6 cm³/mol. The van der Waals surface area contributed by atoms with Crippen LogP contribution in [-0.4, -0.2) is 24.5 Å². The van der Waals surface area contributed by atoms with Crippen LogP contribution in [0.5, 0.6) is 0 Å². The van der Waals surface area contributed by atoms with Crippen molar-refractivity contribution in [3.63, 3.8) is 0 Å². The van der Waals surface area contributed by atoms with E-state index >= 15 is 0 Å². The topological polar surface area (TPSA) is 32.3 Å².